The molecule has 0 saturated heterocycles. The lowest BCUT2D eigenvalue weighted by Crippen LogP contribution is -2.30. The van der Waals surface area contributed by atoms with Crippen LogP contribution in [0.4, 0.5) is 0 Å². The highest BCUT2D eigenvalue weighted by Crippen LogP contribution is 2.20. The topological polar surface area (TPSA) is 68.0 Å². The molecule has 24 heavy (non-hydrogen) atoms. The van der Waals surface area contributed by atoms with Gasteiger partial charge in [0.15, 0.2) is 0 Å². The monoisotopic (exact) mass is 319 g/mol. The number of pyridine rings is 1. The maximum atomic E-state index is 12.7. The smallest absolute Gasteiger partial charge is 0.251 e. The van der Waals surface area contributed by atoms with Gasteiger partial charge in [-0.25, -0.2) is 0 Å². The van der Waals surface area contributed by atoms with Gasteiger partial charge in [0.25, 0.3) is 5.91 Å². The number of carbonyl (C=O) groups is 1. The first-order chi connectivity index (χ1) is 11.7. The molecule has 0 fully saturated rings. The van der Waals surface area contributed by atoms with Gasteiger partial charge in [-0.3, -0.25) is 9.78 Å². The largest absolute Gasteiger partial charge is 0.345 e. The molecule has 1 unspecified atom stereocenters. The van der Waals surface area contributed by atoms with Crippen LogP contribution in [0.5, 0.6) is 0 Å². The van der Waals surface area contributed by atoms with Gasteiger partial charge in [0.2, 0.25) is 0 Å². The maximum Gasteiger partial charge on any atom is 0.251 e. The highest BCUT2D eigenvalue weighted by Gasteiger charge is 2.15. The summed E-state index contributed by atoms with van der Waals surface area (Å²) in [5, 5.41) is 5.13. The number of nitrogens with two attached hydrogens (primary N) is 1. The first-order valence-corrected chi connectivity index (χ1v) is 8.08. The SMILES string of the molecule is Cc1cccc(C(CCN)NC(=O)c2ccc3cnccc3c2)c1. The fraction of sp³-hybridized carbons (Fsp3) is 0.200. The van der Waals surface area contributed by atoms with E-state index in [-0.39, 0.29) is 11.9 Å². The van der Waals surface area contributed by atoms with Gasteiger partial charge in [0, 0.05) is 23.3 Å². The van der Waals surface area contributed by atoms with Crippen LogP contribution in [0, 0.1) is 6.92 Å². The molecule has 0 aliphatic rings. The third-order valence-corrected chi connectivity index (χ3v) is 4.11. The van der Waals surface area contributed by atoms with E-state index in [2.05, 4.69) is 16.4 Å². The molecule has 1 atom stereocenters. The first kappa shape index (κ1) is 16.1. The molecule has 0 aliphatic carbocycles. The van der Waals surface area contributed by atoms with Crippen LogP contribution >= 0.6 is 0 Å². The third kappa shape index (κ3) is 3.60. The molecule has 3 rings (SSSR count). The van der Waals surface area contributed by atoms with Gasteiger partial charge in [-0.2, -0.15) is 0 Å². The molecule has 3 aromatic rings. The lowest BCUT2D eigenvalue weighted by atomic mass is 10.0. The summed E-state index contributed by atoms with van der Waals surface area (Å²) >= 11 is 0. The van der Waals surface area contributed by atoms with Crippen molar-refractivity contribution >= 4 is 16.7 Å². The van der Waals surface area contributed by atoms with E-state index in [9.17, 15) is 4.79 Å². The minimum absolute atomic E-state index is 0.0875. The van der Waals surface area contributed by atoms with Crippen molar-refractivity contribution in [3.05, 3.63) is 77.6 Å². The Bertz CT molecular complexity index is 860. The molecule has 0 radical (unpaired) electrons. The highest BCUT2D eigenvalue weighted by molar-refractivity contribution is 5.98. The van der Waals surface area contributed by atoms with Crippen molar-refractivity contribution < 1.29 is 4.79 Å². The van der Waals surface area contributed by atoms with Crippen molar-refractivity contribution in [2.24, 2.45) is 5.73 Å². The Morgan fingerprint density at radius 3 is 2.83 bits per heavy atom. The zero-order valence-corrected chi connectivity index (χ0v) is 13.7. The Morgan fingerprint density at radius 1 is 1.17 bits per heavy atom. The van der Waals surface area contributed by atoms with Gasteiger partial charge in [0.1, 0.15) is 0 Å². The number of aromatic nitrogens is 1. The van der Waals surface area contributed by atoms with Crippen LogP contribution in [0.3, 0.4) is 0 Å². The number of hydrogen-bond donors (Lipinski definition) is 2. The summed E-state index contributed by atoms with van der Waals surface area (Å²) in [6.07, 6.45) is 4.22. The average Bonchev–Trinajstić information content (AvgIpc) is 2.61. The van der Waals surface area contributed by atoms with Crippen LogP contribution in [0.2, 0.25) is 0 Å². The molecule has 1 aromatic heterocycles. The first-order valence-electron chi connectivity index (χ1n) is 8.08. The zero-order chi connectivity index (χ0) is 16.9. The number of nitrogens with zero attached hydrogens (tertiary/aromatic N) is 1. The summed E-state index contributed by atoms with van der Waals surface area (Å²) in [7, 11) is 0. The molecule has 4 heteroatoms. The minimum Gasteiger partial charge on any atom is -0.345 e. The van der Waals surface area contributed by atoms with E-state index in [1.807, 2.05) is 49.4 Å². The Hall–Kier alpha value is -2.72. The Labute approximate surface area is 141 Å². The summed E-state index contributed by atoms with van der Waals surface area (Å²) in [6, 6.07) is 15.6. The van der Waals surface area contributed by atoms with E-state index in [0.29, 0.717) is 18.5 Å². The minimum atomic E-state index is -0.0892. The summed E-state index contributed by atoms with van der Waals surface area (Å²) in [5.74, 6) is -0.0892. The molecule has 4 nitrogen and oxygen atoms in total. The van der Waals surface area contributed by atoms with Gasteiger partial charge >= 0.3 is 0 Å². The molecule has 122 valence electrons. The van der Waals surface area contributed by atoms with E-state index in [1.165, 1.54) is 5.56 Å². The summed E-state index contributed by atoms with van der Waals surface area (Å²) in [6.45, 7) is 2.56. The maximum absolute atomic E-state index is 12.7. The number of benzene rings is 2. The lowest BCUT2D eigenvalue weighted by molar-refractivity contribution is 0.0935. The number of nitrogens with one attached hydrogen (secondary N) is 1. The second-order valence-corrected chi connectivity index (χ2v) is 5.96. The van der Waals surface area contributed by atoms with Crippen molar-refractivity contribution in [1.82, 2.24) is 10.3 Å². The van der Waals surface area contributed by atoms with E-state index < -0.39 is 0 Å². The molecule has 0 aliphatic heterocycles. The molecule has 3 N–H and O–H groups in total. The Morgan fingerprint density at radius 2 is 2.04 bits per heavy atom. The molecule has 1 heterocycles. The molecule has 0 bridgehead atoms. The fourth-order valence-corrected chi connectivity index (χ4v) is 2.84. The number of hydrogen-bond acceptors (Lipinski definition) is 3. The molecule has 0 spiro atoms. The average molecular weight is 319 g/mol. The number of carbonyl (C=O) groups excluding carboxylic acids is 1. The predicted octanol–water partition coefficient (Wildman–Crippen LogP) is 3.36. The fourth-order valence-electron chi connectivity index (χ4n) is 2.84. The van der Waals surface area contributed by atoms with Crippen molar-refractivity contribution in [2.75, 3.05) is 6.54 Å². The molecular weight excluding hydrogens is 298 g/mol. The van der Waals surface area contributed by atoms with E-state index >= 15 is 0 Å². The van der Waals surface area contributed by atoms with Gasteiger partial charge in [0.05, 0.1) is 6.04 Å². The van der Waals surface area contributed by atoms with E-state index in [0.717, 1.165) is 16.3 Å². The van der Waals surface area contributed by atoms with Gasteiger partial charge in [-0.15, -0.1) is 0 Å². The number of rotatable bonds is 5. The molecular formula is C20H21N3O. The van der Waals surface area contributed by atoms with Crippen LogP contribution in [-0.4, -0.2) is 17.4 Å². The predicted molar refractivity (Wildman–Crippen MR) is 96.8 cm³/mol. The highest BCUT2D eigenvalue weighted by atomic mass is 16.1. The standard InChI is InChI=1S/C20H21N3O/c1-14-3-2-4-16(11-14)19(7-9-21)23-20(24)17-5-6-18-13-22-10-8-15(18)12-17/h2-6,8,10-13,19H,7,9,21H2,1H3,(H,23,24). The lowest BCUT2D eigenvalue weighted by Gasteiger charge is -2.19. The Balaban J connectivity index is 1.84. The second kappa shape index (κ2) is 7.23. The summed E-state index contributed by atoms with van der Waals surface area (Å²) < 4.78 is 0. The van der Waals surface area contributed by atoms with Crippen molar-refractivity contribution in [2.45, 2.75) is 19.4 Å². The van der Waals surface area contributed by atoms with Crippen LogP contribution in [0.15, 0.2) is 60.9 Å². The quantitative estimate of drug-likeness (QED) is 0.757. The van der Waals surface area contributed by atoms with Gasteiger partial charge in [-0.1, -0.05) is 35.9 Å². The number of fused-ring (bicyclic) bond motifs is 1. The Kier molecular flexibility index (Phi) is 4.87. The normalized spacial score (nSPS) is 12.1. The molecule has 2 aromatic carbocycles. The van der Waals surface area contributed by atoms with Gasteiger partial charge in [-0.05, 0) is 49.0 Å². The van der Waals surface area contributed by atoms with Crippen molar-refractivity contribution in [3.63, 3.8) is 0 Å². The van der Waals surface area contributed by atoms with E-state index in [4.69, 9.17) is 5.73 Å². The number of aryl methyl sites for hydroxylation is 1. The second-order valence-electron chi connectivity index (χ2n) is 5.96. The van der Waals surface area contributed by atoms with Crippen LogP contribution in [0.1, 0.15) is 33.9 Å². The molecule has 0 saturated carbocycles. The van der Waals surface area contributed by atoms with Gasteiger partial charge < -0.3 is 11.1 Å². The van der Waals surface area contributed by atoms with Crippen molar-refractivity contribution in [1.29, 1.82) is 0 Å². The van der Waals surface area contributed by atoms with Crippen LogP contribution < -0.4 is 11.1 Å². The van der Waals surface area contributed by atoms with Crippen LogP contribution in [0.25, 0.3) is 10.8 Å². The third-order valence-electron chi connectivity index (χ3n) is 4.11. The molecule has 1 amide bonds. The zero-order valence-electron chi connectivity index (χ0n) is 13.7. The summed E-state index contributed by atoms with van der Waals surface area (Å²) in [5.41, 5.74) is 8.63. The summed E-state index contributed by atoms with van der Waals surface area (Å²) in [4.78, 5) is 16.8. The van der Waals surface area contributed by atoms with Crippen LogP contribution in [-0.2, 0) is 0 Å². The van der Waals surface area contributed by atoms with E-state index in [1.54, 1.807) is 12.4 Å². The van der Waals surface area contributed by atoms with Crippen molar-refractivity contribution in [3.8, 4) is 0 Å². The number of amides is 1.